The molecule has 0 aliphatic heterocycles. The molecular formula is C21H33IN4O2S. The third kappa shape index (κ3) is 8.10. The van der Waals surface area contributed by atoms with Crippen molar-refractivity contribution in [2.75, 3.05) is 34.4 Å². The van der Waals surface area contributed by atoms with Gasteiger partial charge in [-0.25, -0.2) is 4.98 Å². The Kier molecular flexibility index (Phi) is 11.5. The SMILES string of the molecule is CN=C(NCCOc1ccc(C(C)C)cc1)N(C)Cc1csc(C(C)OC)n1.I. The zero-order valence-electron chi connectivity index (χ0n) is 18.1. The maximum atomic E-state index is 5.82. The zero-order chi connectivity index (χ0) is 20.5. The number of guanidine groups is 1. The molecule has 1 N–H and O–H groups in total. The molecule has 8 heteroatoms. The lowest BCUT2D eigenvalue weighted by Gasteiger charge is -2.21. The number of hydrogen-bond acceptors (Lipinski definition) is 5. The predicted octanol–water partition coefficient (Wildman–Crippen LogP) is 4.68. The second-order valence-electron chi connectivity index (χ2n) is 6.96. The lowest BCUT2D eigenvalue weighted by molar-refractivity contribution is 0.119. The van der Waals surface area contributed by atoms with Crippen LogP contribution in [0.15, 0.2) is 34.6 Å². The van der Waals surface area contributed by atoms with Gasteiger partial charge in [-0.3, -0.25) is 4.99 Å². The molecule has 2 aromatic rings. The molecule has 0 spiro atoms. The van der Waals surface area contributed by atoms with Crippen LogP contribution in [-0.4, -0.2) is 50.2 Å². The molecule has 6 nitrogen and oxygen atoms in total. The summed E-state index contributed by atoms with van der Waals surface area (Å²) in [5.74, 6) is 2.23. The molecule has 0 fully saturated rings. The quantitative estimate of drug-likeness (QED) is 0.220. The van der Waals surface area contributed by atoms with E-state index in [9.17, 15) is 0 Å². The first-order chi connectivity index (χ1) is 13.4. The van der Waals surface area contributed by atoms with E-state index < -0.39 is 0 Å². The average molecular weight is 532 g/mol. The second-order valence-corrected chi connectivity index (χ2v) is 7.85. The van der Waals surface area contributed by atoms with E-state index in [2.05, 4.69) is 46.7 Å². The topological polar surface area (TPSA) is 59.0 Å². The molecule has 0 saturated carbocycles. The smallest absolute Gasteiger partial charge is 0.193 e. The van der Waals surface area contributed by atoms with Crippen molar-refractivity contribution >= 4 is 41.3 Å². The van der Waals surface area contributed by atoms with Crippen LogP contribution < -0.4 is 10.1 Å². The number of thiazole rings is 1. The summed E-state index contributed by atoms with van der Waals surface area (Å²) >= 11 is 1.62. The van der Waals surface area contributed by atoms with Crippen LogP contribution in [0, 0.1) is 0 Å². The molecule has 1 heterocycles. The van der Waals surface area contributed by atoms with Crippen molar-refractivity contribution in [2.24, 2.45) is 4.99 Å². The summed E-state index contributed by atoms with van der Waals surface area (Å²) in [6.07, 6.45) is 0.0215. The van der Waals surface area contributed by atoms with Crippen molar-refractivity contribution in [3.63, 3.8) is 0 Å². The van der Waals surface area contributed by atoms with Crippen LogP contribution in [0.25, 0.3) is 0 Å². The minimum absolute atomic E-state index is 0. The molecule has 1 aromatic carbocycles. The maximum absolute atomic E-state index is 5.82. The van der Waals surface area contributed by atoms with Crippen LogP contribution in [-0.2, 0) is 11.3 Å². The van der Waals surface area contributed by atoms with Gasteiger partial charge in [-0.05, 0) is 30.5 Å². The lowest BCUT2D eigenvalue weighted by Crippen LogP contribution is -2.40. The largest absolute Gasteiger partial charge is 0.492 e. The van der Waals surface area contributed by atoms with Gasteiger partial charge in [0.25, 0.3) is 0 Å². The fourth-order valence-electron chi connectivity index (χ4n) is 2.67. The molecule has 162 valence electrons. The number of hydrogen-bond donors (Lipinski definition) is 1. The fourth-order valence-corrected chi connectivity index (χ4v) is 3.51. The molecule has 2 rings (SSSR count). The van der Waals surface area contributed by atoms with Gasteiger partial charge in [-0.2, -0.15) is 0 Å². The Balaban J connectivity index is 0.00000420. The van der Waals surface area contributed by atoms with E-state index in [0.717, 1.165) is 22.4 Å². The highest BCUT2D eigenvalue weighted by atomic mass is 127. The zero-order valence-corrected chi connectivity index (χ0v) is 21.3. The first-order valence-electron chi connectivity index (χ1n) is 9.56. The van der Waals surface area contributed by atoms with E-state index >= 15 is 0 Å². The molecule has 0 bridgehead atoms. The van der Waals surface area contributed by atoms with Crippen molar-refractivity contribution < 1.29 is 9.47 Å². The highest BCUT2D eigenvalue weighted by Gasteiger charge is 2.12. The first-order valence-corrected chi connectivity index (χ1v) is 10.4. The Morgan fingerprint density at radius 2 is 1.93 bits per heavy atom. The summed E-state index contributed by atoms with van der Waals surface area (Å²) < 4.78 is 11.1. The molecular weight excluding hydrogens is 499 g/mol. The Labute approximate surface area is 195 Å². The van der Waals surface area contributed by atoms with E-state index in [-0.39, 0.29) is 30.1 Å². The third-order valence-corrected chi connectivity index (χ3v) is 5.50. The highest BCUT2D eigenvalue weighted by molar-refractivity contribution is 14.0. The summed E-state index contributed by atoms with van der Waals surface area (Å²) in [6, 6.07) is 8.29. The van der Waals surface area contributed by atoms with Crippen molar-refractivity contribution in [2.45, 2.75) is 39.3 Å². The molecule has 0 aliphatic carbocycles. The van der Waals surface area contributed by atoms with E-state index in [0.29, 0.717) is 25.6 Å². The van der Waals surface area contributed by atoms with Crippen LogP contribution in [0.3, 0.4) is 0 Å². The van der Waals surface area contributed by atoms with Gasteiger partial charge in [0.2, 0.25) is 0 Å². The highest BCUT2D eigenvalue weighted by Crippen LogP contribution is 2.21. The van der Waals surface area contributed by atoms with E-state index in [4.69, 9.17) is 9.47 Å². The second kappa shape index (κ2) is 13.0. The summed E-state index contributed by atoms with van der Waals surface area (Å²) in [5, 5.41) is 6.39. The van der Waals surface area contributed by atoms with Crippen LogP contribution in [0.2, 0.25) is 0 Å². The van der Waals surface area contributed by atoms with Gasteiger partial charge in [0.15, 0.2) is 5.96 Å². The fraction of sp³-hybridized carbons (Fsp3) is 0.524. The predicted molar refractivity (Wildman–Crippen MR) is 132 cm³/mol. The summed E-state index contributed by atoms with van der Waals surface area (Å²) in [4.78, 5) is 11.0. The average Bonchev–Trinajstić information content (AvgIpc) is 3.16. The normalized spacial score (nSPS) is 12.4. The first kappa shape index (κ1) is 25.6. The Morgan fingerprint density at radius 3 is 2.52 bits per heavy atom. The van der Waals surface area contributed by atoms with Crippen LogP contribution in [0.1, 0.15) is 49.1 Å². The molecule has 1 atom stereocenters. The van der Waals surface area contributed by atoms with Gasteiger partial charge in [-0.15, -0.1) is 35.3 Å². The van der Waals surface area contributed by atoms with Gasteiger partial charge in [0.05, 0.1) is 18.8 Å². The number of aromatic nitrogens is 1. The summed E-state index contributed by atoms with van der Waals surface area (Å²) in [6.45, 7) is 8.30. The standard InChI is InChI=1S/C21H32N4O2S.HI/c1-15(2)17-7-9-19(10-8-17)27-12-11-23-21(22-4)25(5)13-18-14-28-20(24-18)16(3)26-6;/h7-10,14-16H,11-13H2,1-6H3,(H,22,23);1H. The summed E-state index contributed by atoms with van der Waals surface area (Å²) in [7, 11) is 5.48. The van der Waals surface area contributed by atoms with Gasteiger partial charge in [-0.1, -0.05) is 26.0 Å². The molecule has 0 radical (unpaired) electrons. The van der Waals surface area contributed by atoms with E-state index in [1.807, 2.05) is 31.0 Å². The molecule has 1 aromatic heterocycles. The van der Waals surface area contributed by atoms with Crippen LogP contribution >= 0.6 is 35.3 Å². The number of halogens is 1. The third-order valence-electron chi connectivity index (χ3n) is 4.44. The monoisotopic (exact) mass is 532 g/mol. The number of benzene rings is 1. The molecule has 0 saturated heterocycles. The van der Waals surface area contributed by atoms with E-state index in [1.54, 1.807) is 25.5 Å². The molecule has 29 heavy (non-hydrogen) atoms. The lowest BCUT2D eigenvalue weighted by atomic mass is 10.0. The maximum Gasteiger partial charge on any atom is 0.193 e. The number of ether oxygens (including phenoxy) is 2. The van der Waals surface area contributed by atoms with E-state index in [1.165, 1.54) is 5.56 Å². The van der Waals surface area contributed by atoms with Crippen molar-refractivity contribution in [1.29, 1.82) is 0 Å². The number of nitrogens with zero attached hydrogens (tertiary/aromatic N) is 3. The number of rotatable bonds is 9. The van der Waals surface area contributed by atoms with Crippen LogP contribution in [0.4, 0.5) is 0 Å². The van der Waals surface area contributed by atoms with Gasteiger partial charge in [0, 0.05) is 26.6 Å². The molecule has 0 amide bonds. The Hall–Kier alpha value is -1.39. The number of nitrogens with one attached hydrogen (secondary N) is 1. The van der Waals surface area contributed by atoms with Crippen molar-refractivity contribution in [3.05, 3.63) is 45.9 Å². The van der Waals surface area contributed by atoms with Gasteiger partial charge < -0.3 is 19.7 Å². The minimum atomic E-state index is 0. The minimum Gasteiger partial charge on any atom is -0.492 e. The van der Waals surface area contributed by atoms with Crippen molar-refractivity contribution in [1.82, 2.24) is 15.2 Å². The number of aliphatic imine (C=N–C) groups is 1. The van der Waals surface area contributed by atoms with Crippen LogP contribution in [0.5, 0.6) is 5.75 Å². The Bertz CT molecular complexity index is 749. The molecule has 0 aliphatic rings. The number of methoxy groups -OCH3 is 1. The van der Waals surface area contributed by atoms with Gasteiger partial charge >= 0.3 is 0 Å². The van der Waals surface area contributed by atoms with Crippen molar-refractivity contribution in [3.8, 4) is 5.75 Å². The molecule has 1 unspecified atom stereocenters. The Morgan fingerprint density at radius 1 is 1.24 bits per heavy atom. The summed E-state index contributed by atoms with van der Waals surface area (Å²) in [5.41, 5.74) is 2.33. The van der Waals surface area contributed by atoms with Gasteiger partial charge in [0.1, 0.15) is 23.5 Å².